The minimum absolute atomic E-state index is 0.102. The van der Waals surface area contributed by atoms with Crippen LogP contribution in [0.5, 0.6) is 0 Å². The summed E-state index contributed by atoms with van der Waals surface area (Å²) in [5.41, 5.74) is 1.74. The Balaban J connectivity index is 2.19. The summed E-state index contributed by atoms with van der Waals surface area (Å²) in [4.78, 5) is 15.9. The van der Waals surface area contributed by atoms with Gasteiger partial charge >= 0.3 is 5.97 Å². The molecule has 0 amide bonds. The summed E-state index contributed by atoms with van der Waals surface area (Å²) in [5, 5.41) is 11.9. The highest BCUT2D eigenvalue weighted by Gasteiger charge is 2.34. The smallest absolute Gasteiger partial charge is 0.321 e. The molecular weight excluding hydrogens is 188 g/mol. The van der Waals surface area contributed by atoms with Crippen molar-refractivity contribution in [1.82, 2.24) is 10.3 Å². The molecule has 0 radical (unpaired) electrons. The van der Waals surface area contributed by atoms with Crippen LogP contribution in [-0.4, -0.2) is 28.6 Å². The van der Waals surface area contributed by atoms with Gasteiger partial charge in [-0.05, 0) is 13.0 Å². The summed E-state index contributed by atoms with van der Waals surface area (Å²) < 4.78 is 0. The maximum Gasteiger partial charge on any atom is 0.321 e. The number of rotatable bonds is 2. The Morgan fingerprint density at radius 3 is 3.23 bits per heavy atom. The first-order valence-electron chi connectivity index (χ1n) is 4.13. The Kier molecular flexibility index (Phi) is 2.28. The lowest BCUT2D eigenvalue weighted by Crippen LogP contribution is -2.34. The van der Waals surface area contributed by atoms with E-state index in [0.29, 0.717) is 0 Å². The maximum absolute atomic E-state index is 10.8. The monoisotopic (exact) mass is 198 g/mol. The first kappa shape index (κ1) is 8.65. The Bertz CT molecular complexity index is 299. The quantitative estimate of drug-likeness (QED) is 0.733. The molecule has 4 nitrogen and oxygen atoms in total. The molecule has 1 aromatic rings. The Hall–Kier alpha value is -0.940. The highest BCUT2D eigenvalue weighted by atomic mass is 32.1. The lowest BCUT2D eigenvalue weighted by molar-refractivity contribution is -0.139. The van der Waals surface area contributed by atoms with Crippen LogP contribution < -0.4 is 5.32 Å². The largest absolute Gasteiger partial charge is 0.480 e. The minimum Gasteiger partial charge on any atom is -0.480 e. The van der Waals surface area contributed by atoms with Crippen LogP contribution in [0.2, 0.25) is 0 Å². The standard InChI is InChI=1S/C8H10N2O2S/c11-8(12)7-5(1-2-10-7)6-3-9-4-13-6/h3-5,7,10H,1-2H2,(H,11,12). The van der Waals surface area contributed by atoms with Crippen LogP contribution in [0.4, 0.5) is 0 Å². The Morgan fingerprint density at radius 1 is 1.77 bits per heavy atom. The summed E-state index contributed by atoms with van der Waals surface area (Å²) in [6.07, 6.45) is 2.65. The first-order valence-corrected chi connectivity index (χ1v) is 5.01. The van der Waals surface area contributed by atoms with Crippen molar-refractivity contribution in [2.75, 3.05) is 6.54 Å². The molecule has 2 unspecified atom stereocenters. The zero-order chi connectivity index (χ0) is 9.26. The molecule has 13 heavy (non-hydrogen) atoms. The molecule has 1 fully saturated rings. The fourth-order valence-electron chi connectivity index (χ4n) is 1.68. The SMILES string of the molecule is O=C(O)C1NCCC1c1cncs1. The zero-order valence-corrected chi connectivity index (χ0v) is 7.75. The third-order valence-electron chi connectivity index (χ3n) is 2.30. The maximum atomic E-state index is 10.8. The van der Waals surface area contributed by atoms with Crippen molar-refractivity contribution < 1.29 is 9.90 Å². The molecule has 1 aliphatic rings. The predicted molar refractivity (Wildman–Crippen MR) is 48.9 cm³/mol. The van der Waals surface area contributed by atoms with E-state index in [1.54, 1.807) is 11.7 Å². The first-order chi connectivity index (χ1) is 6.29. The van der Waals surface area contributed by atoms with Gasteiger partial charge in [0.2, 0.25) is 0 Å². The van der Waals surface area contributed by atoms with Gasteiger partial charge in [0, 0.05) is 17.0 Å². The average Bonchev–Trinajstić information content (AvgIpc) is 2.74. The molecule has 0 saturated carbocycles. The molecule has 0 bridgehead atoms. The summed E-state index contributed by atoms with van der Waals surface area (Å²) in [7, 11) is 0. The van der Waals surface area contributed by atoms with E-state index in [4.69, 9.17) is 5.11 Å². The zero-order valence-electron chi connectivity index (χ0n) is 6.93. The van der Waals surface area contributed by atoms with Gasteiger partial charge in [0.25, 0.3) is 0 Å². The van der Waals surface area contributed by atoms with E-state index >= 15 is 0 Å². The van der Waals surface area contributed by atoms with Gasteiger partial charge in [-0.25, -0.2) is 0 Å². The minimum atomic E-state index is -0.768. The van der Waals surface area contributed by atoms with Crippen molar-refractivity contribution in [1.29, 1.82) is 0 Å². The van der Waals surface area contributed by atoms with E-state index in [-0.39, 0.29) is 5.92 Å². The van der Waals surface area contributed by atoms with Gasteiger partial charge in [-0.3, -0.25) is 9.78 Å². The second-order valence-electron chi connectivity index (χ2n) is 3.07. The molecule has 2 heterocycles. The van der Waals surface area contributed by atoms with E-state index in [1.807, 2.05) is 0 Å². The lowest BCUT2D eigenvalue weighted by Gasteiger charge is -2.12. The van der Waals surface area contributed by atoms with Gasteiger partial charge < -0.3 is 10.4 Å². The Morgan fingerprint density at radius 2 is 2.62 bits per heavy atom. The normalized spacial score (nSPS) is 27.7. The van der Waals surface area contributed by atoms with E-state index < -0.39 is 12.0 Å². The van der Waals surface area contributed by atoms with Crippen molar-refractivity contribution >= 4 is 17.3 Å². The number of carboxylic acids is 1. The van der Waals surface area contributed by atoms with Crippen LogP contribution in [0.15, 0.2) is 11.7 Å². The number of hydrogen-bond donors (Lipinski definition) is 2. The van der Waals surface area contributed by atoms with Crippen LogP contribution in [0.3, 0.4) is 0 Å². The van der Waals surface area contributed by atoms with Crippen LogP contribution >= 0.6 is 11.3 Å². The predicted octanol–water partition coefficient (Wildman–Crippen LogP) is 0.673. The molecule has 2 rings (SSSR count). The number of aliphatic carboxylic acids is 1. The number of nitrogens with zero attached hydrogens (tertiary/aromatic N) is 1. The highest BCUT2D eigenvalue weighted by molar-refractivity contribution is 7.09. The van der Waals surface area contributed by atoms with Crippen molar-refractivity contribution in [2.45, 2.75) is 18.4 Å². The van der Waals surface area contributed by atoms with Gasteiger partial charge in [0.15, 0.2) is 0 Å². The van der Waals surface area contributed by atoms with E-state index in [2.05, 4.69) is 10.3 Å². The number of carbonyl (C=O) groups is 1. The third-order valence-corrected chi connectivity index (χ3v) is 3.21. The van der Waals surface area contributed by atoms with Gasteiger partial charge in [0.1, 0.15) is 6.04 Å². The van der Waals surface area contributed by atoms with E-state index in [9.17, 15) is 4.79 Å². The molecule has 2 N–H and O–H groups in total. The van der Waals surface area contributed by atoms with Gasteiger partial charge in [-0.2, -0.15) is 0 Å². The van der Waals surface area contributed by atoms with Crippen molar-refractivity contribution in [2.24, 2.45) is 0 Å². The fourth-order valence-corrected chi connectivity index (χ4v) is 2.47. The second-order valence-corrected chi connectivity index (χ2v) is 3.99. The van der Waals surface area contributed by atoms with Gasteiger partial charge in [-0.1, -0.05) is 0 Å². The van der Waals surface area contributed by atoms with Crippen molar-refractivity contribution in [3.8, 4) is 0 Å². The van der Waals surface area contributed by atoms with Crippen molar-refractivity contribution in [3.05, 3.63) is 16.6 Å². The van der Waals surface area contributed by atoms with Crippen molar-refractivity contribution in [3.63, 3.8) is 0 Å². The summed E-state index contributed by atoms with van der Waals surface area (Å²) >= 11 is 1.53. The average molecular weight is 198 g/mol. The second kappa shape index (κ2) is 3.43. The summed E-state index contributed by atoms with van der Waals surface area (Å²) in [6, 6.07) is -0.430. The molecule has 2 atom stereocenters. The third kappa shape index (κ3) is 1.57. The van der Waals surface area contributed by atoms with Crippen LogP contribution in [0.25, 0.3) is 0 Å². The topological polar surface area (TPSA) is 62.2 Å². The summed E-state index contributed by atoms with van der Waals surface area (Å²) in [5.74, 6) is -0.666. The molecule has 0 aromatic carbocycles. The molecule has 5 heteroatoms. The van der Waals surface area contributed by atoms with E-state index in [1.165, 1.54) is 11.3 Å². The van der Waals surface area contributed by atoms with Crippen LogP contribution in [-0.2, 0) is 4.79 Å². The summed E-state index contributed by atoms with van der Waals surface area (Å²) in [6.45, 7) is 0.777. The number of thiazole rings is 1. The number of hydrogen-bond acceptors (Lipinski definition) is 4. The molecule has 70 valence electrons. The number of carboxylic acid groups (broad SMARTS) is 1. The molecule has 0 aliphatic carbocycles. The number of aromatic nitrogens is 1. The van der Waals surface area contributed by atoms with E-state index in [0.717, 1.165) is 17.8 Å². The molecule has 1 saturated heterocycles. The molecular formula is C8H10N2O2S. The van der Waals surface area contributed by atoms with Gasteiger partial charge in [-0.15, -0.1) is 11.3 Å². The van der Waals surface area contributed by atoms with Crippen LogP contribution in [0.1, 0.15) is 17.2 Å². The molecule has 1 aromatic heterocycles. The number of nitrogens with one attached hydrogen (secondary N) is 1. The molecule has 0 spiro atoms. The van der Waals surface area contributed by atoms with Crippen LogP contribution in [0, 0.1) is 0 Å². The Labute approximate surface area is 79.6 Å². The fraction of sp³-hybridized carbons (Fsp3) is 0.500. The highest BCUT2D eigenvalue weighted by Crippen LogP contribution is 2.29. The molecule has 1 aliphatic heterocycles. The lowest BCUT2D eigenvalue weighted by atomic mass is 10.00. The van der Waals surface area contributed by atoms with Gasteiger partial charge in [0.05, 0.1) is 5.51 Å².